The highest BCUT2D eigenvalue weighted by Crippen LogP contribution is 2.31. The molecular weight excluding hydrogens is 302 g/mol. The maximum absolute atomic E-state index is 12.5. The largest absolute Gasteiger partial charge is 0.356 e. The van der Waals surface area contributed by atoms with Crippen LogP contribution in [0.15, 0.2) is 0 Å². The first-order valence-electron chi connectivity index (χ1n) is 9.91. The van der Waals surface area contributed by atoms with Crippen molar-refractivity contribution < 1.29 is 9.59 Å². The highest BCUT2D eigenvalue weighted by atomic mass is 16.2. The molecule has 1 atom stereocenters. The van der Waals surface area contributed by atoms with Crippen molar-refractivity contribution in [2.75, 3.05) is 26.2 Å². The minimum absolute atomic E-state index is 0.000846. The lowest BCUT2D eigenvalue weighted by Gasteiger charge is -2.43. The molecule has 2 saturated heterocycles. The van der Waals surface area contributed by atoms with Gasteiger partial charge in [-0.2, -0.15) is 0 Å². The summed E-state index contributed by atoms with van der Waals surface area (Å²) in [5.74, 6) is 0.626. The molecule has 24 heavy (non-hydrogen) atoms. The minimum Gasteiger partial charge on any atom is -0.356 e. The number of amides is 2. The molecule has 5 nitrogen and oxygen atoms in total. The van der Waals surface area contributed by atoms with Crippen molar-refractivity contribution in [1.29, 1.82) is 0 Å². The van der Waals surface area contributed by atoms with Crippen LogP contribution in [0.2, 0.25) is 0 Å². The second-order valence-electron chi connectivity index (χ2n) is 7.94. The van der Waals surface area contributed by atoms with Gasteiger partial charge in [-0.3, -0.25) is 9.59 Å². The van der Waals surface area contributed by atoms with Gasteiger partial charge in [0.25, 0.3) is 0 Å². The molecule has 1 N–H and O–H groups in total. The summed E-state index contributed by atoms with van der Waals surface area (Å²) in [5.41, 5.74) is 0. The van der Waals surface area contributed by atoms with Gasteiger partial charge in [-0.25, -0.2) is 0 Å². The molecule has 2 heterocycles. The SMILES string of the molecule is CC(=O)NCC1CCN(C2CCC(N3CCCCC3)CC2)C(=O)C1. The van der Waals surface area contributed by atoms with Crippen LogP contribution in [-0.2, 0) is 9.59 Å². The number of hydrogen-bond donors (Lipinski definition) is 1. The minimum atomic E-state index is 0.000846. The van der Waals surface area contributed by atoms with Crippen LogP contribution in [0.25, 0.3) is 0 Å². The quantitative estimate of drug-likeness (QED) is 0.856. The van der Waals surface area contributed by atoms with Gasteiger partial charge < -0.3 is 15.1 Å². The zero-order valence-electron chi connectivity index (χ0n) is 15.1. The third kappa shape index (κ3) is 4.50. The van der Waals surface area contributed by atoms with E-state index in [2.05, 4.69) is 15.1 Å². The van der Waals surface area contributed by atoms with Crippen molar-refractivity contribution in [3.8, 4) is 0 Å². The van der Waals surface area contributed by atoms with Gasteiger partial charge >= 0.3 is 0 Å². The summed E-state index contributed by atoms with van der Waals surface area (Å²) in [7, 11) is 0. The molecular formula is C19H33N3O2. The van der Waals surface area contributed by atoms with Crippen LogP contribution in [0.5, 0.6) is 0 Å². The van der Waals surface area contributed by atoms with E-state index in [1.54, 1.807) is 0 Å². The molecule has 0 spiro atoms. The van der Waals surface area contributed by atoms with E-state index in [9.17, 15) is 9.59 Å². The molecule has 0 radical (unpaired) electrons. The van der Waals surface area contributed by atoms with Gasteiger partial charge in [0, 0.05) is 38.5 Å². The number of hydrogen-bond acceptors (Lipinski definition) is 3. The Labute approximate surface area is 146 Å². The van der Waals surface area contributed by atoms with Gasteiger partial charge in [0.2, 0.25) is 11.8 Å². The number of rotatable bonds is 4. The molecule has 2 aliphatic heterocycles. The third-order valence-electron chi connectivity index (χ3n) is 6.22. The molecule has 1 saturated carbocycles. The standard InChI is InChI=1S/C19H33N3O2/c1-15(23)20-14-16-9-12-22(19(24)13-16)18-7-5-17(6-8-18)21-10-3-2-4-11-21/h16-18H,2-14H2,1H3,(H,20,23). The first kappa shape index (κ1) is 17.7. The molecule has 136 valence electrons. The Bertz CT molecular complexity index is 440. The molecule has 0 aromatic heterocycles. The maximum atomic E-state index is 12.5. The maximum Gasteiger partial charge on any atom is 0.223 e. The summed E-state index contributed by atoms with van der Waals surface area (Å²) in [5, 5.41) is 2.86. The Morgan fingerprint density at radius 2 is 1.67 bits per heavy atom. The molecule has 0 bridgehead atoms. The second-order valence-corrected chi connectivity index (χ2v) is 7.94. The van der Waals surface area contributed by atoms with E-state index in [4.69, 9.17) is 0 Å². The highest BCUT2D eigenvalue weighted by molar-refractivity contribution is 5.78. The average molecular weight is 335 g/mol. The van der Waals surface area contributed by atoms with Crippen molar-refractivity contribution in [3.05, 3.63) is 0 Å². The summed E-state index contributed by atoms with van der Waals surface area (Å²) in [4.78, 5) is 28.4. The van der Waals surface area contributed by atoms with Gasteiger partial charge in [0.1, 0.15) is 0 Å². The first-order chi connectivity index (χ1) is 11.6. The van der Waals surface area contributed by atoms with Crippen LogP contribution < -0.4 is 5.32 Å². The van der Waals surface area contributed by atoms with Gasteiger partial charge in [-0.15, -0.1) is 0 Å². The lowest BCUT2D eigenvalue weighted by Crippen LogP contribution is -2.50. The molecule has 0 aromatic rings. The summed E-state index contributed by atoms with van der Waals surface area (Å²) in [6.07, 6.45) is 10.6. The fraction of sp³-hybridized carbons (Fsp3) is 0.895. The van der Waals surface area contributed by atoms with Crippen molar-refractivity contribution in [2.45, 2.75) is 76.8 Å². The van der Waals surface area contributed by atoms with Crippen LogP contribution in [0.4, 0.5) is 0 Å². The Hall–Kier alpha value is -1.10. The van der Waals surface area contributed by atoms with Crippen LogP contribution in [-0.4, -0.2) is 59.9 Å². The van der Waals surface area contributed by atoms with E-state index in [0.29, 0.717) is 30.8 Å². The van der Waals surface area contributed by atoms with E-state index in [0.717, 1.165) is 19.0 Å². The average Bonchev–Trinajstić information content (AvgIpc) is 2.61. The molecule has 0 aromatic carbocycles. The number of nitrogens with one attached hydrogen (secondary N) is 1. The van der Waals surface area contributed by atoms with Crippen molar-refractivity contribution >= 4 is 11.8 Å². The Kier molecular flexibility index (Phi) is 6.14. The fourth-order valence-electron chi connectivity index (χ4n) is 4.78. The number of likely N-dealkylation sites (tertiary alicyclic amines) is 2. The number of piperidine rings is 2. The predicted octanol–water partition coefficient (Wildman–Crippen LogP) is 2.16. The van der Waals surface area contributed by atoms with E-state index in [1.807, 2.05) is 0 Å². The molecule has 5 heteroatoms. The molecule has 3 aliphatic rings. The molecule has 1 aliphatic carbocycles. The predicted molar refractivity (Wildman–Crippen MR) is 94.6 cm³/mol. The van der Waals surface area contributed by atoms with E-state index in [-0.39, 0.29) is 5.91 Å². The van der Waals surface area contributed by atoms with E-state index < -0.39 is 0 Å². The lowest BCUT2D eigenvalue weighted by atomic mass is 9.86. The number of nitrogens with zero attached hydrogens (tertiary/aromatic N) is 2. The Morgan fingerprint density at radius 3 is 2.29 bits per heavy atom. The molecule has 3 fully saturated rings. The zero-order valence-corrected chi connectivity index (χ0v) is 15.1. The zero-order chi connectivity index (χ0) is 16.9. The van der Waals surface area contributed by atoms with Gasteiger partial charge in [-0.1, -0.05) is 6.42 Å². The van der Waals surface area contributed by atoms with Crippen molar-refractivity contribution in [1.82, 2.24) is 15.1 Å². The van der Waals surface area contributed by atoms with Crippen LogP contribution >= 0.6 is 0 Å². The topological polar surface area (TPSA) is 52.7 Å². The van der Waals surface area contributed by atoms with Crippen molar-refractivity contribution in [3.63, 3.8) is 0 Å². The normalized spacial score (nSPS) is 32.6. The second kappa shape index (κ2) is 8.32. The first-order valence-corrected chi connectivity index (χ1v) is 9.91. The monoisotopic (exact) mass is 335 g/mol. The summed E-state index contributed by atoms with van der Waals surface area (Å²) in [6, 6.07) is 1.22. The van der Waals surface area contributed by atoms with Crippen LogP contribution in [0, 0.1) is 5.92 Å². The molecule has 1 unspecified atom stereocenters. The Balaban J connectivity index is 1.43. The Morgan fingerprint density at radius 1 is 1.00 bits per heavy atom. The van der Waals surface area contributed by atoms with Gasteiger partial charge in [0.05, 0.1) is 0 Å². The number of carbonyl (C=O) groups excluding carboxylic acids is 2. The lowest BCUT2D eigenvalue weighted by molar-refractivity contribution is -0.139. The summed E-state index contributed by atoms with van der Waals surface area (Å²) in [6.45, 7) is 5.63. The van der Waals surface area contributed by atoms with E-state index in [1.165, 1.54) is 65.0 Å². The molecule has 2 amide bonds. The number of carbonyl (C=O) groups is 2. The summed E-state index contributed by atoms with van der Waals surface area (Å²) < 4.78 is 0. The highest BCUT2D eigenvalue weighted by Gasteiger charge is 2.34. The van der Waals surface area contributed by atoms with Crippen LogP contribution in [0.3, 0.4) is 0 Å². The van der Waals surface area contributed by atoms with Crippen LogP contribution in [0.1, 0.15) is 64.7 Å². The molecule has 3 rings (SSSR count). The van der Waals surface area contributed by atoms with Gasteiger partial charge in [-0.05, 0) is 64.0 Å². The fourth-order valence-corrected chi connectivity index (χ4v) is 4.78. The van der Waals surface area contributed by atoms with Crippen molar-refractivity contribution in [2.24, 2.45) is 5.92 Å². The van der Waals surface area contributed by atoms with E-state index >= 15 is 0 Å². The smallest absolute Gasteiger partial charge is 0.223 e. The third-order valence-corrected chi connectivity index (χ3v) is 6.22. The van der Waals surface area contributed by atoms with Gasteiger partial charge in [0.15, 0.2) is 0 Å². The summed E-state index contributed by atoms with van der Waals surface area (Å²) >= 11 is 0.